The number of rotatable bonds is 5. The minimum absolute atomic E-state index is 0.557. The second-order valence-electron chi connectivity index (χ2n) is 6.98. The van der Waals surface area contributed by atoms with E-state index in [1.807, 2.05) is 47.7 Å². The Morgan fingerprint density at radius 2 is 1.21 bits per heavy atom. The molecule has 0 aliphatic carbocycles. The molecule has 2 aromatic heterocycles. The summed E-state index contributed by atoms with van der Waals surface area (Å²) in [7, 11) is 0. The molecule has 0 fully saturated rings. The largest absolute Gasteiger partial charge is 0.283 e. The number of aromatic amines is 2. The quantitative estimate of drug-likeness (QED) is 0.346. The normalized spacial score (nSPS) is 11.4. The number of nitrogens with one attached hydrogen (secondary N) is 2. The molecular formula is C25H21N4+. The van der Waals surface area contributed by atoms with Crippen LogP contribution in [0.5, 0.6) is 0 Å². The Kier molecular flexibility index (Phi) is 4.30. The van der Waals surface area contributed by atoms with Crippen molar-refractivity contribution in [2.45, 2.75) is 5.41 Å². The molecule has 0 saturated heterocycles. The van der Waals surface area contributed by atoms with Crippen LogP contribution in [0.15, 0.2) is 116 Å². The molecule has 2 N–H and O–H groups in total. The number of aromatic nitrogens is 4. The summed E-state index contributed by atoms with van der Waals surface area (Å²) in [6, 6.07) is 31.7. The van der Waals surface area contributed by atoms with Gasteiger partial charge in [0.25, 0.3) is 0 Å². The first-order chi connectivity index (χ1) is 14.4. The minimum Gasteiger partial charge on any atom is -0.283 e. The van der Waals surface area contributed by atoms with Gasteiger partial charge in [-0.1, -0.05) is 91.0 Å². The van der Waals surface area contributed by atoms with Crippen LogP contribution >= 0.6 is 0 Å². The molecule has 2 heterocycles. The van der Waals surface area contributed by atoms with Gasteiger partial charge in [-0.05, 0) is 16.7 Å². The molecule has 0 amide bonds. The smallest absolute Gasteiger partial charge is 0.250 e. The number of H-pyrrole nitrogens is 2. The molecular weight excluding hydrogens is 356 g/mol. The molecule has 0 spiro atoms. The summed E-state index contributed by atoms with van der Waals surface area (Å²) in [5.41, 5.74) is 2.94. The molecule has 140 valence electrons. The highest BCUT2D eigenvalue weighted by Crippen LogP contribution is 2.43. The summed E-state index contributed by atoms with van der Waals surface area (Å²) < 4.78 is 1.99. The Labute approximate surface area is 169 Å². The first kappa shape index (κ1) is 17.2. The topological polar surface area (TPSA) is 48.4 Å². The average Bonchev–Trinajstić information content (AvgIpc) is 3.49. The second-order valence-corrected chi connectivity index (χ2v) is 6.98. The van der Waals surface area contributed by atoms with Crippen LogP contribution in [0.25, 0.3) is 5.82 Å². The average molecular weight is 377 g/mol. The Morgan fingerprint density at radius 1 is 0.690 bits per heavy atom. The van der Waals surface area contributed by atoms with E-state index in [9.17, 15) is 0 Å². The van der Waals surface area contributed by atoms with Crippen LogP contribution in [-0.4, -0.2) is 15.0 Å². The third-order valence-corrected chi connectivity index (χ3v) is 5.36. The van der Waals surface area contributed by atoms with Crippen molar-refractivity contribution in [2.75, 3.05) is 0 Å². The third kappa shape index (κ3) is 2.86. The molecule has 29 heavy (non-hydrogen) atoms. The lowest BCUT2D eigenvalue weighted by Gasteiger charge is -2.32. The maximum atomic E-state index is 4.88. The van der Waals surface area contributed by atoms with Crippen LogP contribution in [-0.2, 0) is 5.41 Å². The molecule has 0 saturated carbocycles. The first-order valence-electron chi connectivity index (χ1n) is 9.65. The standard InChI is InChI=1S/C25H20N4/c1-4-10-20(11-5-1)25(21-12-6-2-7-13-21,22-14-8-3-9-15-22)24-27-18-23(28-24)29-17-16-26-19-29/h1-19H,(H,27,28)/p+1. The van der Waals surface area contributed by atoms with Gasteiger partial charge in [0.2, 0.25) is 5.82 Å². The van der Waals surface area contributed by atoms with E-state index < -0.39 is 5.41 Å². The van der Waals surface area contributed by atoms with Gasteiger partial charge >= 0.3 is 0 Å². The SMILES string of the molecule is c1ccc(C(c2ccccc2)(c2ccccc2)c2ncc(-[n+]3cc[nH]c3)[nH]2)cc1. The van der Waals surface area contributed by atoms with Crippen molar-refractivity contribution in [3.8, 4) is 5.82 Å². The number of benzene rings is 3. The summed E-state index contributed by atoms with van der Waals surface area (Å²) in [4.78, 5) is 11.6. The molecule has 4 nitrogen and oxygen atoms in total. The fourth-order valence-corrected chi connectivity index (χ4v) is 4.05. The van der Waals surface area contributed by atoms with Gasteiger partial charge in [-0.3, -0.25) is 9.97 Å². The van der Waals surface area contributed by atoms with E-state index in [0.29, 0.717) is 0 Å². The predicted octanol–water partition coefficient (Wildman–Crippen LogP) is 4.40. The van der Waals surface area contributed by atoms with Gasteiger partial charge in [0.05, 0.1) is 6.20 Å². The van der Waals surface area contributed by atoms with Crippen molar-refractivity contribution in [3.05, 3.63) is 138 Å². The highest BCUT2D eigenvalue weighted by Gasteiger charge is 2.42. The van der Waals surface area contributed by atoms with Crippen molar-refractivity contribution in [1.82, 2.24) is 15.0 Å². The Morgan fingerprint density at radius 3 is 1.66 bits per heavy atom. The van der Waals surface area contributed by atoms with E-state index in [-0.39, 0.29) is 0 Å². The summed E-state index contributed by atoms with van der Waals surface area (Å²) in [5, 5.41) is 0. The maximum absolute atomic E-state index is 4.88. The first-order valence-corrected chi connectivity index (χ1v) is 9.65. The minimum atomic E-state index is -0.557. The number of hydrogen-bond acceptors (Lipinski definition) is 1. The number of hydrogen-bond donors (Lipinski definition) is 2. The zero-order valence-electron chi connectivity index (χ0n) is 15.9. The number of imidazole rings is 2. The second kappa shape index (κ2) is 7.24. The van der Waals surface area contributed by atoms with Crippen molar-refractivity contribution < 1.29 is 4.57 Å². The molecule has 5 aromatic rings. The summed E-state index contributed by atoms with van der Waals surface area (Å²) in [6.45, 7) is 0. The molecule has 0 aliphatic rings. The van der Waals surface area contributed by atoms with Gasteiger partial charge in [0.15, 0.2) is 12.2 Å². The van der Waals surface area contributed by atoms with E-state index in [4.69, 9.17) is 4.98 Å². The van der Waals surface area contributed by atoms with E-state index in [2.05, 4.69) is 82.8 Å². The van der Waals surface area contributed by atoms with E-state index in [1.54, 1.807) is 0 Å². The van der Waals surface area contributed by atoms with Crippen LogP contribution in [0.2, 0.25) is 0 Å². The van der Waals surface area contributed by atoms with E-state index in [0.717, 1.165) is 28.3 Å². The van der Waals surface area contributed by atoms with Gasteiger partial charge in [-0.2, -0.15) is 0 Å². The Balaban J connectivity index is 1.84. The zero-order chi connectivity index (χ0) is 19.5. The van der Waals surface area contributed by atoms with Gasteiger partial charge in [-0.15, -0.1) is 0 Å². The van der Waals surface area contributed by atoms with Crippen molar-refractivity contribution >= 4 is 0 Å². The molecule has 5 rings (SSSR count). The Hall–Kier alpha value is -3.92. The monoisotopic (exact) mass is 377 g/mol. The van der Waals surface area contributed by atoms with Crippen molar-refractivity contribution in [2.24, 2.45) is 0 Å². The highest BCUT2D eigenvalue weighted by atomic mass is 15.1. The van der Waals surface area contributed by atoms with Gasteiger partial charge in [0, 0.05) is 0 Å². The molecule has 0 unspecified atom stereocenters. The molecule has 0 radical (unpaired) electrons. The number of nitrogens with zero attached hydrogens (tertiary/aromatic N) is 2. The lowest BCUT2D eigenvalue weighted by molar-refractivity contribution is -0.597. The molecule has 0 atom stereocenters. The van der Waals surface area contributed by atoms with Gasteiger partial charge in [-0.25, -0.2) is 9.55 Å². The van der Waals surface area contributed by atoms with Crippen LogP contribution in [0.3, 0.4) is 0 Å². The fraction of sp³-hybridized carbons (Fsp3) is 0.0400. The lowest BCUT2D eigenvalue weighted by atomic mass is 9.69. The molecule has 3 aromatic carbocycles. The summed E-state index contributed by atoms with van der Waals surface area (Å²) in [5.74, 6) is 1.79. The summed E-state index contributed by atoms with van der Waals surface area (Å²) >= 11 is 0. The van der Waals surface area contributed by atoms with Crippen LogP contribution in [0, 0.1) is 0 Å². The van der Waals surface area contributed by atoms with Crippen molar-refractivity contribution in [3.63, 3.8) is 0 Å². The van der Waals surface area contributed by atoms with Crippen LogP contribution in [0.1, 0.15) is 22.5 Å². The van der Waals surface area contributed by atoms with Crippen LogP contribution < -0.4 is 4.57 Å². The molecule has 4 heteroatoms. The van der Waals surface area contributed by atoms with E-state index in [1.165, 1.54) is 0 Å². The highest BCUT2D eigenvalue weighted by molar-refractivity contribution is 5.56. The van der Waals surface area contributed by atoms with Crippen molar-refractivity contribution in [1.29, 1.82) is 0 Å². The third-order valence-electron chi connectivity index (χ3n) is 5.36. The Bertz CT molecular complexity index is 1080. The maximum Gasteiger partial charge on any atom is 0.250 e. The van der Waals surface area contributed by atoms with Gasteiger partial charge < -0.3 is 0 Å². The zero-order valence-corrected chi connectivity index (χ0v) is 15.9. The summed E-state index contributed by atoms with van der Waals surface area (Å²) in [6.07, 6.45) is 7.63. The predicted molar refractivity (Wildman–Crippen MR) is 113 cm³/mol. The lowest BCUT2D eigenvalue weighted by Crippen LogP contribution is -2.33. The molecule has 0 bridgehead atoms. The van der Waals surface area contributed by atoms with Crippen LogP contribution in [0.4, 0.5) is 0 Å². The molecule has 0 aliphatic heterocycles. The van der Waals surface area contributed by atoms with Gasteiger partial charge in [0.1, 0.15) is 17.8 Å². The fourth-order valence-electron chi connectivity index (χ4n) is 4.05. The van der Waals surface area contributed by atoms with E-state index >= 15 is 0 Å².